The van der Waals surface area contributed by atoms with Crippen LogP contribution in [0.15, 0.2) is 10.5 Å². The molecule has 3 heteroatoms. The summed E-state index contributed by atoms with van der Waals surface area (Å²) in [6, 6.07) is 2.08. The maximum Gasteiger partial charge on any atom is 0.0921 e. The molecule has 0 aliphatic heterocycles. The van der Waals surface area contributed by atoms with E-state index >= 15 is 0 Å². The summed E-state index contributed by atoms with van der Waals surface area (Å²) in [5.41, 5.74) is 0. The van der Waals surface area contributed by atoms with Crippen LogP contribution in [0, 0.1) is 12.8 Å². The molecule has 1 heterocycles. The van der Waals surface area contributed by atoms with E-state index in [4.69, 9.17) is 0 Å². The lowest BCUT2D eigenvalue weighted by Gasteiger charge is -2.19. The van der Waals surface area contributed by atoms with Gasteiger partial charge in [0.1, 0.15) is 0 Å². The largest absolute Gasteiger partial charge is 0.387 e. The first-order valence-corrected chi connectivity index (χ1v) is 6.64. The Morgan fingerprint density at radius 2 is 2.00 bits per heavy atom. The highest BCUT2D eigenvalue weighted by molar-refractivity contribution is 9.10. The molecule has 0 aliphatic rings. The molecule has 0 amide bonds. The summed E-state index contributed by atoms with van der Waals surface area (Å²) in [4.78, 5) is 2.33. The van der Waals surface area contributed by atoms with Gasteiger partial charge >= 0.3 is 0 Å². The lowest BCUT2D eigenvalue weighted by molar-refractivity contribution is 0.106. The quantitative estimate of drug-likeness (QED) is 0.870. The van der Waals surface area contributed by atoms with Gasteiger partial charge < -0.3 is 5.11 Å². The number of hydrogen-bond acceptors (Lipinski definition) is 2. The highest BCUT2D eigenvalue weighted by Gasteiger charge is 2.21. The molecule has 1 atom stereocenters. The average Bonchev–Trinajstić information content (AvgIpc) is 2.47. The fraction of sp³-hybridized carbons (Fsp3) is 0.636. The number of aliphatic hydroxyl groups is 1. The van der Waals surface area contributed by atoms with E-state index in [1.54, 1.807) is 11.3 Å². The molecular formula is C11H17BrOS. The Morgan fingerprint density at radius 1 is 1.43 bits per heavy atom. The molecular weight excluding hydrogens is 260 g/mol. The van der Waals surface area contributed by atoms with Crippen molar-refractivity contribution in [3.8, 4) is 0 Å². The predicted molar refractivity (Wildman–Crippen MR) is 65.8 cm³/mol. The lowest BCUT2D eigenvalue weighted by Crippen LogP contribution is -2.09. The average molecular weight is 277 g/mol. The third-order valence-electron chi connectivity index (χ3n) is 2.60. The third-order valence-corrected chi connectivity index (χ3v) is 4.64. The first-order valence-electron chi connectivity index (χ1n) is 5.04. The van der Waals surface area contributed by atoms with Gasteiger partial charge in [-0.1, -0.05) is 26.7 Å². The smallest absolute Gasteiger partial charge is 0.0921 e. The zero-order valence-electron chi connectivity index (χ0n) is 8.88. The summed E-state index contributed by atoms with van der Waals surface area (Å²) in [5, 5.41) is 10.2. The molecule has 0 spiro atoms. The van der Waals surface area contributed by atoms with Crippen LogP contribution in [0.4, 0.5) is 0 Å². The van der Waals surface area contributed by atoms with Crippen molar-refractivity contribution in [3.05, 3.63) is 20.3 Å². The second-order valence-corrected chi connectivity index (χ2v) is 5.73. The van der Waals surface area contributed by atoms with Gasteiger partial charge in [-0.25, -0.2) is 0 Å². The van der Waals surface area contributed by atoms with Crippen molar-refractivity contribution in [2.75, 3.05) is 0 Å². The van der Waals surface area contributed by atoms with Crippen LogP contribution < -0.4 is 0 Å². The topological polar surface area (TPSA) is 20.2 Å². The van der Waals surface area contributed by atoms with Crippen molar-refractivity contribution in [2.45, 2.75) is 39.7 Å². The summed E-state index contributed by atoms with van der Waals surface area (Å²) in [6.45, 7) is 6.33. The van der Waals surface area contributed by atoms with Gasteiger partial charge in [0.2, 0.25) is 0 Å². The van der Waals surface area contributed by atoms with E-state index in [0.29, 0.717) is 5.92 Å². The standard InChI is InChI=1S/C11H17BrOS/c1-4-8(5-2)10(13)11-9(12)6-7(3)14-11/h6,8,10,13H,4-5H2,1-3H3. The van der Waals surface area contributed by atoms with E-state index in [1.807, 2.05) is 0 Å². The van der Waals surface area contributed by atoms with Gasteiger partial charge in [0.25, 0.3) is 0 Å². The molecule has 1 rings (SSSR count). The predicted octanol–water partition coefficient (Wildman–Crippen LogP) is 4.29. The molecule has 0 bridgehead atoms. The van der Waals surface area contributed by atoms with Crippen LogP contribution in [0.2, 0.25) is 0 Å². The monoisotopic (exact) mass is 276 g/mol. The number of rotatable bonds is 4. The number of halogens is 1. The minimum atomic E-state index is -0.307. The molecule has 0 saturated carbocycles. The Balaban J connectivity index is 2.87. The van der Waals surface area contributed by atoms with Crippen LogP contribution >= 0.6 is 27.3 Å². The summed E-state index contributed by atoms with van der Waals surface area (Å²) in [6.07, 6.45) is 1.75. The Morgan fingerprint density at radius 3 is 2.36 bits per heavy atom. The minimum Gasteiger partial charge on any atom is -0.387 e. The van der Waals surface area contributed by atoms with Crippen LogP contribution in [0.3, 0.4) is 0 Å². The highest BCUT2D eigenvalue weighted by Crippen LogP contribution is 2.37. The maximum atomic E-state index is 10.2. The van der Waals surface area contributed by atoms with Gasteiger partial charge in [-0.3, -0.25) is 0 Å². The van der Waals surface area contributed by atoms with E-state index in [1.165, 1.54) is 4.88 Å². The van der Waals surface area contributed by atoms with E-state index < -0.39 is 0 Å². The van der Waals surface area contributed by atoms with E-state index in [-0.39, 0.29) is 6.10 Å². The molecule has 1 nitrogen and oxygen atoms in total. The summed E-state index contributed by atoms with van der Waals surface area (Å²) >= 11 is 5.18. The van der Waals surface area contributed by atoms with Crippen molar-refractivity contribution in [3.63, 3.8) is 0 Å². The van der Waals surface area contributed by atoms with Gasteiger partial charge in [0.15, 0.2) is 0 Å². The molecule has 1 aromatic heterocycles. The van der Waals surface area contributed by atoms with Crippen molar-refractivity contribution >= 4 is 27.3 Å². The van der Waals surface area contributed by atoms with Gasteiger partial charge in [-0.15, -0.1) is 11.3 Å². The Labute approximate surface area is 98.3 Å². The van der Waals surface area contributed by atoms with Crippen molar-refractivity contribution in [1.29, 1.82) is 0 Å². The number of aryl methyl sites for hydroxylation is 1. The maximum absolute atomic E-state index is 10.2. The molecule has 0 aromatic carbocycles. The summed E-state index contributed by atoms with van der Waals surface area (Å²) < 4.78 is 1.06. The van der Waals surface area contributed by atoms with Gasteiger partial charge in [0, 0.05) is 14.2 Å². The van der Waals surface area contributed by atoms with Gasteiger partial charge in [-0.2, -0.15) is 0 Å². The van der Waals surface area contributed by atoms with E-state index in [2.05, 4.69) is 42.8 Å². The van der Waals surface area contributed by atoms with Crippen molar-refractivity contribution < 1.29 is 5.11 Å². The first-order chi connectivity index (χ1) is 6.60. The second kappa shape index (κ2) is 5.29. The van der Waals surface area contributed by atoms with Crippen molar-refractivity contribution in [1.82, 2.24) is 0 Å². The molecule has 0 aliphatic carbocycles. The fourth-order valence-electron chi connectivity index (χ4n) is 1.65. The fourth-order valence-corrected chi connectivity index (χ4v) is 3.62. The number of thiophene rings is 1. The molecule has 80 valence electrons. The molecule has 0 radical (unpaired) electrons. The molecule has 0 saturated heterocycles. The number of hydrogen-bond donors (Lipinski definition) is 1. The molecule has 1 unspecified atom stereocenters. The highest BCUT2D eigenvalue weighted by atomic mass is 79.9. The Bertz CT molecular complexity index is 291. The molecule has 1 N–H and O–H groups in total. The van der Waals surface area contributed by atoms with Crippen LogP contribution in [0.1, 0.15) is 42.5 Å². The molecule has 14 heavy (non-hydrogen) atoms. The van der Waals surface area contributed by atoms with E-state index in [9.17, 15) is 5.11 Å². The van der Waals surface area contributed by atoms with Crippen LogP contribution in [0.25, 0.3) is 0 Å². The zero-order chi connectivity index (χ0) is 10.7. The van der Waals surface area contributed by atoms with Gasteiger partial charge in [-0.05, 0) is 34.8 Å². The Hall–Kier alpha value is 0.140. The van der Waals surface area contributed by atoms with Crippen LogP contribution in [0.5, 0.6) is 0 Å². The van der Waals surface area contributed by atoms with Crippen LogP contribution in [-0.4, -0.2) is 5.11 Å². The van der Waals surface area contributed by atoms with Gasteiger partial charge in [0.05, 0.1) is 6.10 Å². The second-order valence-electron chi connectivity index (χ2n) is 3.59. The number of aliphatic hydroxyl groups excluding tert-OH is 1. The SMILES string of the molecule is CCC(CC)C(O)c1sc(C)cc1Br. The molecule has 1 aromatic rings. The van der Waals surface area contributed by atoms with Crippen LogP contribution in [-0.2, 0) is 0 Å². The zero-order valence-corrected chi connectivity index (χ0v) is 11.3. The molecule has 0 fully saturated rings. The summed E-state index contributed by atoms with van der Waals surface area (Å²) in [5.74, 6) is 0.379. The van der Waals surface area contributed by atoms with E-state index in [0.717, 1.165) is 22.2 Å². The Kier molecular flexibility index (Phi) is 4.61. The summed E-state index contributed by atoms with van der Waals surface area (Å²) in [7, 11) is 0. The first kappa shape index (κ1) is 12.2. The van der Waals surface area contributed by atoms with Crippen molar-refractivity contribution in [2.24, 2.45) is 5.92 Å². The lowest BCUT2D eigenvalue weighted by atomic mass is 9.96. The normalized spacial score (nSPS) is 13.6. The third kappa shape index (κ3) is 2.59. The minimum absolute atomic E-state index is 0.307.